The summed E-state index contributed by atoms with van der Waals surface area (Å²) in [5, 5.41) is 8.89. The van der Waals surface area contributed by atoms with Gasteiger partial charge >= 0.3 is 5.97 Å². The maximum Gasteiger partial charge on any atom is 0.323 e. The molecule has 2 heterocycles. The van der Waals surface area contributed by atoms with Gasteiger partial charge in [-0.2, -0.15) is 0 Å². The van der Waals surface area contributed by atoms with Crippen molar-refractivity contribution in [3.05, 3.63) is 88.6 Å². The lowest BCUT2D eigenvalue weighted by molar-refractivity contribution is -0.137. The lowest BCUT2D eigenvalue weighted by atomic mass is 10.1. The van der Waals surface area contributed by atoms with Crippen molar-refractivity contribution < 1.29 is 9.90 Å². The lowest BCUT2D eigenvalue weighted by Gasteiger charge is -2.06. The van der Waals surface area contributed by atoms with E-state index in [1.807, 2.05) is 48.6 Å². The summed E-state index contributed by atoms with van der Waals surface area (Å²) in [7, 11) is 0. The molecular weight excluding hydrogens is 316 g/mol. The molecule has 0 saturated heterocycles. The fourth-order valence-electron chi connectivity index (χ4n) is 2.43. The monoisotopic (exact) mass is 332 g/mol. The molecule has 25 heavy (non-hydrogen) atoms. The Labute approximate surface area is 144 Å². The Bertz CT molecular complexity index is 975. The van der Waals surface area contributed by atoms with E-state index in [1.54, 1.807) is 18.5 Å². The molecule has 0 spiro atoms. The van der Waals surface area contributed by atoms with Crippen LogP contribution < -0.4 is 5.56 Å². The number of carboxylic acids is 1. The van der Waals surface area contributed by atoms with Crippen molar-refractivity contribution >= 4 is 18.1 Å². The second-order valence-electron chi connectivity index (χ2n) is 5.53. The molecule has 0 aliphatic heterocycles. The molecule has 0 saturated carbocycles. The molecule has 0 radical (unpaired) electrons. The molecule has 0 aliphatic carbocycles. The number of aliphatic carboxylic acids is 1. The summed E-state index contributed by atoms with van der Waals surface area (Å²) in [5.74, 6) is -1.06. The van der Waals surface area contributed by atoms with Crippen LogP contribution in [0, 0.1) is 0 Å². The Morgan fingerprint density at radius 1 is 1.00 bits per heavy atom. The number of carboxylic acid groups (broad SMARTS) is 1. The molecule has 0 amide bonds. The van der Waals surface area contributed by atoms with Gasteiger partial charge in [-0.15, -0.1) is 0 Å². The molecule has 2 aromatic heterocycles. The molecule has 1 aromatic carbocycles. The van der Waals surface area contributed by atoms with Crippen molar-refractivity contribution in [3.8, 4) is 11.1 Å². The summed E-state index contributed by atoms with van der Waals surface area (Å²) in [6.07, 6.45) is 8.92. The smallest absolute Gasteiger partial charge is 0.323 e. The number of aromatic nitrogens is 2. The van der Waals surface area contributed by atoms with Gasteiger partial charge in [0, 0.05) is 30.2 Å². The molecule has 0 atom stereocenters. The first-order chi connectivity index (χ1) is 12.1. The zero-order chi connectivity index (χ0) is 17.6. The van der Waals surface area contributed by atoms with Gasteiger partial charge in [0.2, 0.25) is 0 Å². The van der Waals surface area contributed by atoms with Gasteiger partial charge in [0.05, 0.1) is 0 Å². The van der Waals surface area contributed by atoms with E-state index in [2.05, 4.69) is 4.98 Å². The van der Waals surface area contributed by atoms with Crippen LogP contribution >= 0.6 is 0 Å². The first-order valence-corrected chi connectivity index (χ1v) is 7.73. The Morgan fingerprint density at radius 3 is 2.52 bits per heavy atom. The Hall–Kier alpha value is -3.47. The minimum atomic E-state index is -1.06. The highest BCUT2D eigenvalue weighted by Gasteiger charge is 2.05. The molecule has 5 nitrogen and oxygen atoms in total. The summed E-state index contributed by atoms with van der Waals surface area (Å²) >= 11 is 0. The van der Waals surface area contributed by atoms with Gasteiger partial charge in [0.25, 0.3) is 5.56 Å². The second kappa shape index (κ2) is 7.40. The van der Waals surface area contributed by atoms with E-state index in [0.29, 0.717) is 0 Å². The van der Waals surface area contributed by atoms with Crippen LogP contribution in [-0.4, -0.2) is 20.6 Å². The number of benzene rings is 1. The van der Waals surface area contributed by atoms with Crippen molar-refractivity contribution in [1.82, 2.24) is 9.55 Å². The summed E-state index contributed by atoms with van der Waals surface area (Å²) in [4.78, 5) is 26.8. The number of hydrogen-bond donors (Lipinski definition) is 1. The van der Waals surface area contributed by atoms with Crippen LogP contribution in [-0.2, 0) is 11.3 Å². The minimum Gasteiger partial charge on any atom is -0.480 e. The van der Waals surface area contributed by atoms with E-state index in [9.17, 15) is 9.59 Å². The molecule has 0 bridgehead atoms. The van der Waals surface area contributed by atoms with Gasteiger partial charge in [-0.25, -0.2) is 0 Å². The van der Waals surface area contributed by atoms with E-state index in [0.717, 1.165) is 22.3 Å². The lowest BCUT2D eigenvalue weighted by Crippen LogP contribution is -2.22. The third-order valence-electron chi connectivity index (χ3n) is 3.65. The number of hydrogen-bond acceptors (Lipinski definition) is 3. The fraction of sp³-hybridized carbons (Fsp3) is 0.0500. The van der Waals surface area contributed by atoms with E-state index < -0.39 is 5.97 Å². The van der Waals surface area contributed by atoms with Gasteiger partial charge in [-0.05, 0) is 28.8 Å². The van der Waals surface area contributed by atoms with Gasteiger partial charge in [-0.1, -0.05) is 42.5 Å². The van der Waals surface area contributed by atoms with Crippen molar-refractivity contribution in [2.75, 3.05) is 0 Å². The maximum atomic E-state index is 11.7. The third-order valence-corrected chi connectivity index (χ3v) is 3.65. The fourth-order valence-corrected chi connectivity index (χ4v) is 2.43. The molecule has 0 fully saturated rings. The highest BCUT2D eigenvalue weighted by molar-refractivity contribution is 5.73. The Balaban J connectivity index is 1.90. The standard InChI is InChI=1S/C20H16N2O3/c23-19-9-8-17(13-22(19)14-20(24)25)18-10-16(11-21-12-18)7-6-15-4-2-1-3-5-15/h1-13H,14H2,(H,24,25)/b7-6+. The quantitative estimate of drug-likeness (QED) is 0.779. The van der Waals surface area contributed by atoms with Crippen molar-refractivity contribution in [2.24, 2.45) is 0 Å². The van der Waals surface area contributed by atoms with Crippen molar-refractivity contribution in [2.45, 2.75) is 6.54 Å². The minimum absolute atomic E-state index is 0.348. The zero-order valence-corrected chi connectivity index (χ0v) is 13.4. The third kappa shape index (κ3) is 4.29. The molecular formula is C20H16N2O3. The average Bonchev–Trinajstić information content (AvgIpc) is 2.62. The van der Waals surface area contributed by atoms with E-state index in [-0.39, 0.29) is 12.1 Å². The number of pyridine rings is 2. The van der Waals surface area contributed by atoms with Crippen LogP contribution in [0.5, 0.6) is 0 Å². The largest absolute Gasteiger partial charge is 0.480 e. The molecule has 124 valence electrons. The van der Waals surface area contributed by atoms with Crippen LogP contribution in [0.3, 0.4) is 0 Å². The molecule has 3 aromatic rings. The summed E-state index contributed by atoms with van der Waals surface area (Å²) < 4.78 is 1.17. The van der Waals surface area contributed by atoms with Gasteiger partial charge in [0.15, 0.2) is 0 Å². The highest BCUT2D eigenvalue weighted by atomic mass is 16.4. The zero-order valence-electron chi connectivity index (χ0n) is 13.4. The summed E-state index contributed by atoms with van der Waals surface area (Å²) in [6.45, 7) is -0.367. The topological polar surface area (TPSA) is 72.2 Å². The predicted octanol–water partition coefficient (Wildman–Crippen LogP) is 3.17. The van der Waals surface area contributed by atoms with Crippen LogP contribution in [0.4, 0.5) is 0 Å². The average molecular weight is 332 g/mol. The SMILES string of the molecule is O=C(O)Cn1cc(-c2cncc(/C=C/c3ccccc3)c2)ccc1=O. The normalized spacial score (nSPS) is 10.9. The number of carbonyl (C=O) groups is 1. The van der Waals surface area contributed by atoms with Gasteiger partial charge in [-0.3, -0.25) is 14.6 Å². The van der Waals surface area contributed by atoms with Crippen molar-refractivity contribution in [1.29, 1.82) is 0 Å². The van der Waals surface area contributed by atoms with Gasteiger partial charge < -0.3 is 9.67 Å². The first kappa shape index (κ1) is 16.4. The van der Waals surface area contributed by atoms with Gasteiger partial charge in [0.1, 0.15) is 6.54 Å². The number of rotatable bonds is 5. The van der Waals surface area contributed by atoms with Crippen LogP contribution in [0.15, 0.2) is 71.9 Å². The van der Waals surface area contributed by atoms with Crippen LogP contribution in [0.2, 0.25) is 0 Å². The number of nitrogens with zero attached hydrogens (tertiary/aromatic N) is 2. The molecule has 0 unspecified atom stereocenters. The summed E-state index contributed by atoms with van der Waals surface area (Å²) in [5.41, 5.74) is 3.21. The van der Waals surface area contributed by atoms with Crippen LogP contribution in [0.1, 0.15) is 11.1 Å². The van der Waals surface area contributed by atoms with Crippen molar-refractivity contribution in [3.63, 3.8) is 0 Å². The molecule has 1 N–H and O–H groups in total. The second-order valence-corrected chi connectivity index (χ2v) is 5.53. The first-order valence-electron chi connectivity index (χ1n) is 7.73. The maximum absolute atomic E-state index is 11.7. The van der Waals surface area contributed by atoms with E-state index >= 15 is 0 Å². The van der Waals surface area contributed by atoms with E-state index in [4.69, 9.17) is 5.11 Å². The molecule has 3 rings (SSSR count). The molecule has 5 heteroatoms. The Morgan fingerprint density at radius 2 is 1.76 bits per heavy atom. The molecule has 0 aliphatic rings. The van der Waals surface area contributed by atoms with Crippen LogP contribution in [0.25, 0.3) is 23.3 Å². The summed E-state index contributed by atoms with van der Waals surface area (Å²) in [6, 6.07) is 14.9. The predicted molar refractivity (Wildman–Crippen MR) is 96.9 cm³/mol. The Kier molecular flexibility index (Phi) is 4.85. The highest BCUT2D eigenvalue weighted by Crippen LogP contribution is 2.19. The van der Waals surface area contributed by atoms with E-state index in [1.165, 1.54) is 16.8 Å².